The summed E-state index contributed by atoms with van der Waals surface area (Å²) in [6.45, 7) is 1.78. The molecule has 0 aromatic rings. The van der Waals surface area contributed by atoms with Gasteiger partial charge in [-0.05, 0) is 6.42 Å². The summed E-state index contributed by atoms with van der Waals surface area (Å²) in [5.74, 6) is 0. The van der Waals surface area contributed by atoms with Gasteiger partial charge >= 0.3 is 29.6 Å². The molecule has 0 aliphatic rings. The second kappa shape index (κ2) is 15.7. The van der Waals surface area contributed by atoms with E-state index >= 15 is 0 Å². The van der Waals surface area contributed by atoms with E-state index in [1.165, 1.54) is 44.9 Å². The summed E-state index contributed by atoms with van der Waals surface area (Å²) in [5.41, 5.74) is 0. The third-order valence-corrected chi connectivity index (χ3v) is 3.85. The second-order valence-corrected chi connectivity index (χ2v) is 6.29. The molecule has 0 radical (unpaired) electrons. The van der Waals surface area contributed by atoms with E-state index in [0.29, 0.717) is 6.42 Å². The fourth-order valence-corrected chi connectivity index (χ4v) is 2.69. The first kappa shape index (κ1) is 24.1. The van der Waals surface area contributed by atoms with Gasteiger partial charge in [-0.1, -0.05) is 71.1 Å². The third-order valence-electron chi connectivity index (χ3n) is 3.34. The van der Waals surface area contributed by atoms with E-state index in [-0.39, 0.29) is 29.6 Å². The van der Waals surface area contributed by atoms with Gasteiger partial charge in [-0.15, -0.1) is 0 Å². The van der Waals surface area contributed by atoms with Crippen molar-refractivity contribution in [3.8, 4) is 0 Å². The van der Waals surface area contributed by atoms with Crippen molar-refractivity contribution in [3.05, 3.63) is 0 Å². The van der Waals surface area contributed by atoms with Gasteiger partial charge < -0.3 is 9.66 Å². The number of hydrogen-bond acceptors (Lipinski definition) is 5. The molecule has 1 unspecified atom stereocenters. The topological polar surface area (TPSA) is 86.7 Å². The Balaban J connectivity index is 0. The Kier molecular flexibility index (Phi) is 18.0. The van der Waals surface area contributed by atoms with Crippen LogP contribution in [0.2, 0.25) is 0 Å². The molecule has 0 amide bonds. The van der Waals surface area contributed by atoms with Crippen molar-refractivity contribution >= 4 is 10.4 Å². The Labute approximate surface area is 152 Å². The van der Waals surface area contributed by atoms with Crippen molar-refractivity contribution in [1.82, 2.24) is 0 Å². The zero-order valence-electron chi connectivity index (χ0n) is 13.6. The van der Waals surface area contributed by atoms with Crippen LogP contribution in [0.1, 0.15) is 77.6 Å². The molecule has 0 saturated heterocycles. The van der Waals surface area contributed by atoms with E-state index in [2.05, 4.69) is 11.1 Å². The first-order valence-electron chi connectivity index (χ1n) is 7.74. The number of aliphatic hydroxyl groups excluding tert-OH is 1. The molecule has 0 aliphatic carbocycles. The predicted octanol–water partition coefficient (Wildman–Crippen LogP) is 0.139. The molecule has 5 nitrogen and oxygen atoms in total. The van der Waals surface area contributed by atoms with E-state index in [9.17, 15) is 13.0 Å². The van der Waals surface area contributed by atoms with Crippen LogP contribution in [-0.4, -0.2) is 30.8 Å². The minimum Gasteiger partial charge on any atom is -0.726 e. The smallest absolute Gasteiger partial charge is 0.726 e. The van der Waals surface area contributed by atoms with E-state index in [0.717, 1.165) is 19.3 Å². The molecular weight excluding hydrogens is 303 g/mol. The van der Waals surface area contributed by atoms with Crippen LogP contribution in [0.4, 0.5) is 0 Å². The van der Waals surface area contributed by atoms with Crippen LogP contribution in [0.3, 0.4) is 0 Å². The van der Waals surface area contributed by atoms with Gasteiger partial charge in [-0.25, -0.2) is 8.42 Å². The van der Waals surface area contributed by atoms with Crippen molar-refractivity contribution < 1.29 is 51.8 Å². The summed E-state index contributed by atoms with van der Waals surface area (Å²) < 4.78 is 35.4. The number of rotatable bonds is 14. The van der Waals surface area contributed by atoms with Gasteiger partial charge in [0.1, 0.15) is 0 Å². The number of unbranched alkanes of at least 4 members (excludes halogenated alkanes) is 9. The summed E-state index contributed by atoms with van der Waals surface area (Å²) in [4.78, 5) is 0. The van der Waals surface area contributed by atoms with Crippen LogP contribution >= 0.6 is 0 Å². The first-order valence-corrected chi connectivity index (χ1v) is 9.08. The molecule has 0 saturated carbocycles. The van der Waals surface area contributed by atoms with Crippen LogP contribution in [-0.2, 0) is 14.6 Å². The van der Waals surface area contributed by atoms with Crippen LogP contribution in [0.25, 0.3) is 0 Å². The zero-order chi connectivity index (χ0) is 15.3. The molecule has 1 atom stereocenters. The molecule has 0 bridgehead atoms. The van der Waals surface area contributed by atoms with Crippen molar-refractivity contribution in [2.45, 2.75) is 83.7 Å². The Morgan fingerprint density at radius 2 is 1.38 bits per heavy atom. The monoisotopic (exact) mass is 332 g/mol. The largest absolute Gasteiger partial charge is 1.00 e. The third kappa shape index (κ3) is 18.8. The van der Waals surface area contributed by atoms with E-state index in [1.54, 1.807) is 0 Å². The van der Waals surface area contributed by atoms with Crippen molar-refractivity contribution in [3.63, 3.8) is 0 Å². The Hall–Kier alpha value is 0.830. The maximum Gasteiger partial charge on any atom is 1.00 e. The van der Waals surface area contributed by atoms with Crippen LogP contribution in [0.15, 0.2) is 0 Å². The maximum absolute atomic E-state index is 10.4. The molecule has 0 aromatic carbocycles. The molecule has 0 heterocycles. The second-order valence-electron chi connectivity index (χ2n) is 5.28. The Bertz CT molecular complexity index is 308. The van der Waals surface area contributed by atoms with Gasteiger partial charge in [0.05, 0.1) is 12.7 Å². The van der Waals surface area contributed by atoms with Gasteiger partial charge in [-0.3, -0.25) is 4.18 Å². The predicted molar refractivity (Wildman–Crippen MR) is 78.1 cm³/mol. The van der Waals surface area contributed by atoms with E-state index < -0.39 is 23.1 Å². The van der Waals surface area contributed by atoms with Crippen molar-refractivity contribution in [2.75, 3.05) is 6.61 Å². The van der Waals surface area contributed by atoms with E-state index in [4.69, 9.17) is 5.11 Å². The van der Waals surface area contributed by atoms with Gasteiger partial charge in [-0.2, -0.15) is 0 Å². The normalized spacial score (nSPS) is 12.9. The van der Waals surface area contributed by atoms with Gasteiger partial charge in [0.2, 0.25) is 10.4 Å². The fraction of sp³-hybridized carbons (Fsp3) is 1.00. The maximum atomic E-state index is 10.4. The summed E-state index contributed by atoms with van der Waals surface area (Å²) in [6, 6.07) is 0. The van der Waals surface area contributed by atoms with Crippen LogP contribution in [0, 0.1) is 0 Å². The average Bonchev–Trinajstić information content (AvgIpc) is 2.38. The molecule has 0 aromatic heterocycles. The first-order chi connectivity index (χ1) is 9.49. The minimum atomic E-state index is -4.71. The number of hydrogen-bond donors (Lipinski definition) is 1. The quantitative estimate of drug-likeness (QED) is 0.212. The number of aliphatic hydroxyl groups is 1. The Morgan fingerprint density at radius 1 is 0.952 bits per heavy atom. The van der Waals surface area contributed by atoms with Gasteiger partial charge in [0, 0.05) is 0 Å². The molecule has 0 spiro atoms. The summed E-state index contributed by atoms with van der Waals surface area (Å²) >= 11 is 0. The molecule has 0 rings (SSSR count). The molecule has 0 fully saturated rings. The van der Waals surface area contributed by atoms with Crippen molar-refractivity contribution in [1.29, 1.82) is 0 Å². The molecule has 21 heavy (non-hydrogen) atoms. The average molecular weight is 332 g/mol. The summed E-state index contributed by atoms with van der Waals surface area (Å²) in [5, 5.41) is 8.90. The SMILES string of the molecule is CCCCCCCCCCCCC(CO)OS(=O)(=O)[O-].[Na+]. The van der Waals surface area contributed by atoms with Crippen LogP contribution in [0.5, 0.6) is 0 Å². The summed E-state index contributed by atoms with van der Waals surface area (Å²) in [7, 11) is -4.71. The van der Waals surface area contributed by atoms with Crippen molar-refractivity contribution in [2.24, 2.45) is 0 Å². The molecular formula is C14H29NaO5S. The van der Waals surface area contributed by atoms with E-state index in [1.807, 2.05) is 0 Å². The van der Waals surface area contributed by atoms with Gasteiger partial charge in [0.15, 0.2) is 0 Å². The summed E-state index contributed by atoms with van der Waals surface area (Å²) in [6.07, 6.45) is 11.4. The standard InChI is InChI=1S/C14H30O5S.Na/c1-2-3-4-5-6-7-8-9-10-11-12-14(13-15)19-20(16,17)18;/h14-15H,2-13H2,1H3,(H,16,17,18);/q;+1/p-1. The van der Waals surface area contributed by atoms with Gasteiger partial charge in [0.25, 0.3) is 0 Å². The zero-order valence-corrected chi connectivity index (χ0v) is 16.4. The molecule has 0 aliphatic heterocycles. The molecule has 122 valence electrons. The molecule has 7 heteroatoms. The Morgan fingerprint density at radius 3 is 1.76 bits per heavy atom. The minimum absolute atomic E-state index is 0. The molecule has 1 N–H and O–H groups in total. The fourth-order valence-electron chi connectivity index (χ4n) is 2.20. The van der Waals surface area contributed by atoms with Crippen LogP contribution < -0.4 is 29.6 Å².